The maximum Gasteiger partial charge on any atom is 0.243 e. The minimum absolute atomic E-state index is 0.0695. The Balaban J connectivity index is 1.26. The number of rotatable bonds is 7. The first-order valence-corrected chi connectivity index (χ1v) is 11.8. The Morgan fingerprint density at radius 1 is 0.903 bits per heavy atom. The molecular formula is C22H26N2O6S. The molecule has 0 aliphatic carbocycles. The normalized spacial score (nSPS) is 16.6. The van der Waals surface area contributed by atoms with E-state index in [9.17, 15) is 13.2 Å². The summed E-state index contributed by atoms with van der Waals surface area (Å²) >= 11 is 0. The van der Waals surface area contributed by atoms with Crippen molar-refractivity contribution in [3.8, 4) is 11.5 Å². The molecule has 1 fully saturated rings. The van der Waals surface area contributed by atoms with Gasteiger partial charge >= 0.3 is 0 Å². The maximum absolute atomic E-state index is 12.7. The van der Waals surface area contributed by atoms with Gasteiger partial charge in [0.25, 0.3) is 0 Å². The molecule has 9 heteroatoms. The van der Waals surface area contributed by atoms with Crippen LogP contribution in [-0.4, -0.2) is 58.1 Å². The summed E-state index contributed by atoms with van der Waals surface area (Å²) in [5.41, 5.74) is 1.85. The minimum Gasteiger partial charge on any atom is -0.486 e. The van der Waals surface area contributed by atoms with E-state index in [4.69, 9.17) is 14.2 Å². The Morgan fingerprint density at radius 2 is 1.58 bits per heavy atom. The SMILES string of the molecule is O=C(CCc1ccc2c(c1)OCCO2)NCc1ccc(S(=O)(=O)N2CCOCC2)cc1. The van der Waals surface area contributed by atoms with Crippen LogP contribution in [0.5, 0.6) is 11.5 Å². The standard InChI is InChI=1S/C22H26N2O6S/c25-22(8-4-17-3-7-20-21(15-17)30-14-13-29-20)23-16-18-1-5-19(6-2-18)31(26,27)24-9-11-28-12-10-24/h1-3,5-7,15H,4,8-14,16H2,(H,23,25). The number of sulfonamides is 1. The quantitative estimate of drug-likeness (QED) is 0.696. The highest BCUT2D eigenvalue weighted by Gasteiger charge is 2.26. The van der Waals surface area contributed by atoms with Gasteiger partial charge in [0.1, 0.15) is 13.2 Å². The van der Waals surface area contributed by atoms with Gasteiger partial charge in [-0.15, -0.1) is 0 Å². The molecule has 2 aromatic carbocycles. The van der Waals surface area contributed by atoms with Gasteiger partial charge in [-0.05, 0) is 41.8 Å². The molecule has 2 heterocycles. The van der Waals surface area contributed by atoms with Gasteiger partial charge in [-0.1, -0.05) is 18.2 Å². The molecule has 1 saturated heterocycles. The van der Waals surface area contributed by atoms with Crippen molar-refractivity contribution in [2.75, 3.05) is 39.5 Å². The fourth-order valence-corrected chi connectivity index (χ4v) is 4.91. The van der Waals surface area contributed by atoms with Crippen LogP contribution in [0.4, 0.5) is 0 Å². The Labute approximate surface area is 182 Å². The number of amides is 1. The summed E-state index contributed by atoms with van der Waals surface area (Å²) < 4.78 is 43.0. The molecule has 0 bridgehead atoms. The minimum atomic E-state index is -3.51. The molecule has 0 radical (unpaired) electrons. The largest absolute Gasteiger partial charge is 0.486 e. The van der Waals surface area contributed by atoms with Crippen LogP contribution in [0.25, 0.3) is 0 Å². The average molecular weight is 447 g/mol. The molecule has 166 valence electrons. The topological polar surface area (TPSA) is 94.2 Å². The Kier molecular flexibility index (Phi) is 6.74. The summed E-state index contributed by atoms with van der Waals surface area (Å²) in [4.78, 5) is 12.5. The number of nitrogens with zero attached hydrogens (tertiary/aromatic N) is 1. The average Bonchev–Trinajstić information content (AvgIpc) is 2.82. The first-order valence-electron chi connectivity index (χ1n) is 10.3. The van der Waals surface area contributed by atoms with Crippen LogP contribution in [0, 0.1) is 0 Å². The van der Waals surface area contributed by atoms with Gasteiger partial charge in [0, 0.05) is 26.1 Å². The lowest BCUT2D eigenvalue weighted by Gasteiger charge is -2.26. The molecule has 2 aliphatic rings. The molecule has 1 N–H and O–H groups in total. The van der Waals surface area contributed by atoms with E-state index in [-0.39, 0.29) is 10.8 Å². The van der Waals surface area contributed by atoms with E-state index in [0.717, 1.165) is 22.6 Å². The predicted octanol–water partition coefficient (Wildman–Crippen LogP) is 1.73. The third-order valence-electron chi connectivity index (χ3n) is 5.27. The highest BCUT2D eigenvalue weighted by Crippen LogP contribution is 2.31. The van der Waals surface area contributed by atoms with Crippen molar-refractivity contribution in [3.63, 3.8) is 0 Å². The number of morpholine rings is 1. The first-order chi connectivity index (χ1) is 15.0. The van der Waals surface area contributed by atoms with Crippen molar-refractivity contribution >= 4 is 15.9 Å². The number of carbonyl (C=O) groups excluding carboxylic acids is 1. The zero-order valence-corrected chi connectivity index (χ0v) is 18.0. The number of carbonyl (C=O) groups is 1. The van der Waals surface area contributed by atoms with Gasteiger partial charge in [0.15, 0.2) is 11.5 Å². The zero-order chi connectivity index (χ0) is 21.7. The summed E-state index contributed by atoms with van der Waals surface area (Å²) in [6.45, 7) is 2.98. The molecule has 4 rings (SSSR count). The number of benzene rings is 2. The summed E-state index contributed by atoms with van der Waals surface area (Å²) in [5.74, 6) is 1.38. The van der Waals surface area contributed by atoms with E-state index < -0.39 is 10.0 Å². The fraction of sp³-hybridized carbons (Fsp3) is 0.409. The summed E-state index contributed by atoms with van der Waals surface area (Å²) in [7, 11) is -3.51. The lowest BCUT2D eigenvalue weighted by atomic mass is 10.1. The molecule has 0 unspecified atom stereocenters. The van der Waals surface area contributed by atoms with E-state index in [2.05, 4.69) is 5.32 Å². The van der Waals surface area contributed by atoms with E-state index in [0.29, 0.717) is 58.9 Å². The van der Waals surface area contributed by atoms with Gasteiger partial charge in [0.05, 0.1) is 18.1 Å². The lowest BCUT2D eigenvalue weighted by molar-refractivity contribution is -0.121. The highest BCUT2D eigenvalue weighted by molar-refractivity contribution is 7.89. The Hall–Kier alpha value is -2.62. The second kappa shape index (κ2) is 9.67. The molecule has 2 aliphatic heterocycles. The van der Waals surface area contributed by atoms with Crippen LogP contribution in [0.2, 0.25) is 0 Å². The van der Waals surface area contributed by atoms with E-state index >= 15 is 0 Å². The Bertz CT molecular complexity index is 1020. The zero-order valence-electron chi connectivity index (χ0n) is 17.2. The molecule has 8 nitrogen and oxygen atoms in total. The number of ether oxygens (including phenoxy) is 3. The van der Waals surface area contributed by atoms with Gasteiger partial charge in [-0.2, -0.15) is 4.31 Å². The molecular weight excluding hydrogens is 420 g/mol. The monoisotopic (exact) mass is 446 g/mol. The van der Waals surface area contributed by atoms with Crippen molar-refractivity contribution in [2.45, 2.75) is 24.3 Å². The molecule has 31 heavy (non-hydrogen) atoms. The highest BCUT2D eigenvalue weighted by atomic mass is 32.2. The summed E-state index contributed by atoms with van der Waals surface area (Å²) in [6, 6.07) is 12.4. The third kappa shape index (κ3) is 5.36. The van der Waals surface area contributed by atoms with Crippen LogP contribution >= 0.6 is 0 Å². The van der Waals surface area contributed by atoms with Crippen LogP contribution < -0.4 is 14.8 Å². The second-order valence-electron chi connectivity index (χ2n) is 7.42. The van der Waals surface area contributed by atoms with Crippen molar-refractivity contribution < 1.29 is 27.4 Å². The van der Waals surface area contributed by atoms with Gasteiger partial charge < -0.3 is 19.5 Å². The smallest absolute Gasteiger partial charge is 0.243 e. The number of hydrogen-bond acceptors (Lipinski definition) is 6. The van der Waals surface area contributed by atoms with Crippen molar-refractivity contribution in [3.05, 3.63) is 53.6 Å². The van der Waals surface area contributed by atoms with Crippen LogP contribution in [0.15, 0.2) is 47.4 Å². The number of fused-ring (bicyclic) bond motifs is 1. The number of nitrogens with one attached hydrogen (secondary N) is 1. The van der Waals surface area contributed by atoms with E-state index in [1.807, 2.05) is 18.2 Å². The molecule has 0 spiro atoms. The molecule has 1 amide bonds. The molecule has 0 saturated carbocycles. The molecule has 0 atom stereocenters. The van der Waals surface area contributed by atoms with Crippen molar-refractivity contribution in [2.24, 2.45) is 0 Å². The van der Waals surface area contributed by atoms with Crippen LogP contribution in [0.1, 0.15) is 17.5 Å². The maximum atomic E-state index is 12.7. The summed E-state index contributed by atoms with van der Waals surface area (Å²) in [5, 5.41) is 2.88. The van der Waals surface area contributed by atoms with E-state index in [1.54, 1.807) is 24.3 Å². The first kappa shape index (κ1) is 21.6. The fourth-order valence-electron chi connectivity index (χ4n) is 3.51. The summed E-state index contributed by atoms with van der Waals surface area (Å²) in [6.07, 6.45) is 0.947. The lowest BCUT2D eigenvalue weighted by Crippen LogP contribution is -2.40. The number of aryl methyl sites for hydroxylation is 1. The Morgan fingerprint density at radius 3 is 2.32 bits per heavy atom. The second-order valence-corrected chi connectivity index (χ2v) is 9.35. The third-order valence-corrected chi connectivity index (χ3v) is 7.18. The van der Waals surface area contributed by atoms with Gasteiger partial charge in [-0.25, -0.2) is 8.42 Å². The molecule has 0 aromatic heterocycles. The molecule has 2 aromatic rings. The van der Waals surface area contributed by atoms with Crippen LogP contribution in [0.3, 0.4) is 0 Å². The van der Waals surface area contributed by atoms with Gasteiger partial charge in [0.2, 0.25) is 15.9 Å². The van der Waals surface area contributed by atoms with E-state index in [1.165, 1.54) is 4.31 Å². The van der Waals surface area contributed by atoms with Crippen LogP contribution in [-0.2, 0) is 32.5 Å². The van der Waals surface area contributed by atoms with Crippen molar-refractivity contribution in [1.82, 2.24) is 9.62 Å². The predicted molar refractivity (Wildman–Crippen MR) is 114 cm³/mol. The number of hydrogen-bond donors (Lipinski definition) is 1. The van der Waals surface area contributed by atoms with Gasteiger partial charge in [-0.3, -0.25) is 4.79 Å². The van der Waals surface area contributed by atoms with Crippen molar-refractivity contribution in [1.29, 1.82) is 0 Å².